The van der Waals surface area contributed by atoms with Crippen molar-refractivity contribution in [3.63, 3.8) is 0 Å². The average molecular weight is 135 g/mol. The molecule has 0 aromatic rings. The van der Waals surface area contributed by atoms with E-state index in [9.17, 15) is 0 Å². The molecule has 0 aliphatic heterocycles. The van der Waals surface area contributed by atoms with E-state index in [0.717, 1.165) is 6.54 Å². The van der Waals surface area contributed by atoms with Crippen molar-refractivity contribution in [3.05, 3.63) is 0 Å². The van der Waals surface area contributed by atoms with Gasteiger partial charge in [-0.05, 0) is 25.6 Å². The second kappa shape index (κ2) is 15.7. The normalized spacial score (nSPS) is 7.50. The Kier molecular flexibility index (Phi) is 21.8. The Balaban J connectivity index is 0. The molecule has 0 unspecified atom stereocenters. The fraction of sp³-hybridized carbons (Fsp3) is 1.00. The van der Waals surface area contributed by atoms with Crippen molar-refractivity contribution in [2.45, 2.75) is 13.8 Å². The second-order valence-corrected chi connectivity index (χ2v) is 2.44. The van der Waals surface area contributed by atoms with Crippen LogP contribution in [-0.4, -0.2) is 25.6 Å². The lowest BCUT2D eigenvalue weighted by Gasteiger charge is -1.76. The molecule has 0 fully saturated rings. The first-order valence-corrected chi connectivity index (χ1v) is 4.36. The minimum atomic E-state index is 1.07. The van der Waals surface area contributed by atoms with E-state index < -0.39 is 0 Å². The number of nitrogens with one attached hydrogen (secondary N) is 1. The van der Waals surface area contributed by atoms with Crippen LogP contribution in [0.5, 0.6) is 0 Å². The van der Waals surface area contributed by atoms with E-state index in [2.05, 4.69) is 25.4 Å². The zero-order chi connectivity index (χ0) is 6.83. The summed E-state index contributed by atoms with van der Waals surface area (Å²) in [6.07, 6.45) is 2.10. The summed E-state index contributed by atoms with van der Waals surface area (Å²) >= 11 is 1.86. The minimum Gasteiger partial charge on any atom is -0.320 e. The SMILES string of the molecule is CCNC.CCSC. The monoisotopic (exact) mass is 135 g/mol. The highest BCUT2D eigenvalue weighted by molar-refractivity contribution is 7.98. The summed E-state index contributed by atoms with van der Waals surface area (Å²) in [5, 5.41) is 2.93. The summed E-state index contributed by atoms with van der Waals surface area (Å²) in [5.41, 5.74) is 0. The maximum Gasteiger partial charge on any atom is -0.00804 e. The van der Waals surface area contributed by atoms with Gasteiger partial charge in [0, 0.05) is 0 Å². The third-order valence-electron chi connectivity index (χ3n) is 0.642. The topological polar surface area (TPSA) is 12.0 Å². The molecule has 1 nitrogen and oxygen atoms in total. The van der Waals surface area contributed by atoms with Crippen LogP contribution in [-0.2, 0) is 0 Å². The molecule has 0 rings (SSSR count). The van der Waals surface area contributed by atoms with E-state index >= 15 is 0 Å². The zero-order valence-corrected chi connectivity index (χ0v) is 7.14. The molecule has 2 heteroatoms. The summed E-state index contributed by atoms with van der Waals surface area (Å²) in [4.78, 5) is 0. The summed E-state index contributed by atoms with van der Waals surface area (Å²) in [6.45, 7) is 5.28. The van der Waals surface area contributed by atoms with Gasteiger partial charge in [0.25, 0.3) is 0 Å². The van der Waals surface area contributed by atoms with Crippen molar-refractivity contribution in [1.82, 2.24) is 5.32 Å². The molecular formula is C6H17NS. The van der Waals surface area contributed by atoms with Crippen LogP contribution in [0, 0.1) is 0 Å². The summed E-state index contributed by atoms with van der Waals surface area (Å²) in [7, 11) is 1.93. The Morgan fingerprint density at radius 3 is 1.62 bits per heavy atom. The Labute approximate surface area is 57.2 Å². The van der Waals surface area contributed by atoms with Gasteiger partial charge in [-0.25, -0.2) is 0 Å². The van der Waals surface area contributed by atoms with Gasteiger partial charge in [-0.3, -0.25) is 0 Å². The fourth-order valence-corrected chi connectivity index (χ4v) is 0. The van der Waals surface area contributed by atoms with Crippen molar-refractivity contribution < 1.29 is 0 Å². The Morgan fingerprint density at radius 2 is 1.62 bits per heavy atom. The van der Waals surface area contributed by atoms with Crippen LogP contribution in [0.2, 0.25) is 0 Å². The predicted octanol–water partition coefficient (Wildman–Crippen LogP) is 1.59. The van der Waals surface area contributed by atoms with Crippen molar-refractivity contribution in [2.24, 2.45) is 0 Å². The van der Waals surface area contributed by atoms with Crippen LogP contribution in [0.3, 0.4) is 0 Å². The highest BCUT2D eigenvalue weighted by atomic mass is 32.2. The Hall–Kier alpha value is 0.310. The molecule has 0 aromatic carbocycles. The van der Waals surface area contributed by atoms with Crippen LogP contribution in [0.4, 0.5) is 0 Å². The fourth-order valence-electron chi connectivity index (χ4n) is 0. The molecule has 0 aliphatic carbocycles. The first-order chi connectivity index (χ1) is 3.83. The van der Waals surface area contributed by atoms with E-state index in [1.807, 2.05) is 18.8 Å². The molecule has 0 radical (unpaired) electrons. The molecule has 1 N–H and O–H groups in total. The average Bonchev–Trinajstić information content (AvgIpc) is 1.88. The lowest BCUT2D eigenvalue weighted by molar-refractivity contribution is 0.864. The van der Waals surface area contributed by atoms with Gasteiger partial charge in [0.2, 0.25) is 0 Å². The summed E-state index contributed by atoms with van der Waals surface area (Å²) < 4.78 is 0. The molecule has 0 amide bonds. The molecule has 0 saturated heterocycles. The first-order valence-electron chi connectivity index (χ1n) is 2.96. The van der Waals surface area contributed by atoms with Gasteiger partial charge in [0.15, 0.2) is 0 Å². The highest BCUT2D eigenvalue weighted by Crippen LogP contribution is 1.83. The van der Waals surface area contributed by atoms with Crippen molar-refractivity contribution >= 4 is 11.8 Å². The van der Waals surface area contributed by atoms with Gasteiger partial charge in [-0.2, -0.15) is 11.8 Å². The van der Waals surface area contributed by atoms with Crippen LogP contribution >= 0.6 is 11.8 Å². The van der Waals surface area contributed by atoms with Crippen molar-refractivity contribution in [3.8, 4) is 0 Å². The highest BCUT2D eigenvalue weighted by Gasteiger charge is 1.55. The molecule has 0 aromatic heterocycles. The lowest BCUT2D eigenvalue weighted by atomic mass is 10.8. The van der Waals surface area contributed by atoms with Gasteiger partial charge in [-0.1, -0.05) is 13.8 Å². The molecule has 0 heterocycles. The van der Waals surface area contributed by atoms with Gasteiger partial charge in [0.05, 0.1) is 0 Å². The van der Waals surface area contributed by atoms with Crippen LogP contribution < -0.4 is 5.32 Å². The van der Waals surface area contributed by atoms with E-state index in [1.165, 1.54) is 5.75 Å². The molecule has 0 spiro atoms. The maximum absolute atomic E-state index is 2.93. The molecule has 8 heavy (non-hydrogen) atoms. The van der Waals surface area contributed by atoms with Gasteiger partial charge in [-0.15, -0.1) is 0 Å². The van der Waals surface area contributed by atoms with Crippen LogP contribution in [0.25, 0.3) is 0 Å². The summed E-state index contributed by atoms with van der Waals surface area (Å²) in [6, 6.07) is 0. The first kappa shape index (κ1) is 11.2. The Morgan fingerprint density at radius 1 is 1.38 bits per heavy atom. The summed E-state index contributed by atoms with van der Waals surface area (Å²) in [5.74, 6) is 1.24. The second-order valence-electron chi connectivity index (χ2n) is 1.28. The van der Waals surface area contributed by atoms with E-state index in [-0.39, 0.29) is 0 Å². The standard InChI is InChI=1S/C3H9N.C3H8S/c2*1-3-4-2/h4H,3H2,1-2H3;3H2,1-2H3. The van der Waals surface area contributed by atoms with Gasteiger partial charge < -0.3 is 5.32 Å². The van der Waals surface area contributed by atoms with Crippen LogP contribution in [0.1, 0.15) is 13.8 Å². The smallest absolute Gasteiger partial charge is 0.00804 e. The lowest BCUT2D eigenvalue weighted by Crippen LogP contribution is -2.01. The molecule has 0 saturated carbocycles. The minimum absolute atomic E-state index is 1.07. The molecule has 0 bridgehead atoms. The number of thioether (sulfide) groups is 1. The molecule has 0 atom stereocenters. The molecular weight excluding hydrogens is 118 g/mol. The third kappa shape index (κ3) is 33.3. The number of rotatable bonds is 2. The van der Waals surface area contributed by atoms with E-state index in [1.54, 1.807) is 0 Å². The predicted molar refractivity (Wildman–Crippen MR) is 43.7 cm³/mol. The van der Waals surface area contributed by atoms with Gasteiger partial charge in [0.1, 0.15) is 0 Å². The third-order valence-corrected chi connectivity index (χ3v) is 1.22. The van der Waals surface area contributed by atoms with E-state index in [4.69, 9.17) is 0 Å². The van der Waals surface area contributed by atoms with Crippen LogP contribution in [0.15, 0.2) is 0 Å². The van der Waals surface area contributed by atoms with E-state index in [0.29, 0.717) is 0 Å². The van der Waals surface area contributed by atoms with Gasteiger partial charge >= 0.3 is 0 Å². The maximum atomic E-state index is 2.93. The Bertz CT molecular complexity index is 16.5. The zero-order valence-electron chi connectivity index (χ0n) is 6.32. The quantitative estimate of drug-likeness (QED) is 0.617. The molecule has 52 valence electrons. The van der Waals surface area contributed by atoms with Crippen molar-refractivity contribution in [1.29, 1.82) is 0 Å². The number of hydrogen-bond acceptors (Lipinski definition) is 2. The largest absolute Gasteiger partial charge is 0.320 e. The van der Waals surface area contributed by atoms with Crippen molar-refractivity contribution in [2.75, 3.05) is 25.6 Å². The number of hydrogen-bond donors (Lipinski definition) is 1. The molecule has 0 aliphatic rings.